The van der Waals surface area contributed by atoms with Crippen LogP contribution in [0.4, 0.5) is 17.6 Å². The quantitative estimate of drug-likeness (QED) is 0.344. The van der Waals surface area contributed by atoms with Gasteiger partial charge in [0.2, 0.25) is 0 Å². The van der Waals surface area contributed by atoms with Crippen molar-refractivity contribution in [3.8, 4) is 0 Å². The van der Waals surface area contributed by atoms with E-state index >= 15 is 0 Å². The zero-order chi connectivity index (χ0) is 15.4. The molecule has 1 nitrogen and oxygen atoms in total. The molecule has 0 aromatic carbocycles. The van der Waals surface area contributed by atoms with Crippen molar-refractivity contribution >= 4 is 0 Å². The molecule has 0 aromatic heterocycles. The summed E-state index contributed by atoms with van der Waals surface area (Å²) in [6.45, 7) is 11.3. The molecule has 0 saturated heterocycles. The molecule has 0 aliphatic heterocycles. The second kappa shape index (κ2) is 6.44. The summed E-state index contributed by atoms with van der Waals surface area (Å²) >= 11 is 0. The number of halogens is 4. The monoisotopic (exact) mass is 282 g/mol. The minimum Gasteiger partial charge on any atom is -0.495 e. The van der Waals surface area contributed by atoms with Gasteiger partial charge in [0.1, 0.15) is 0 Å². The Balaban J connectivity index is 4.99. The highest BCUT2D eigenvalue weighted by molar-refractivity contribution is 5.22. The third kappa shape index (κ3) is 3.98. The smallest absolute Gasteiger partial charge is 0.369 e. The van der Waals surface area contributed by atoms with E-state index in [0.29, 0.717) is 18.8 Å². The van der Waals surface area contributed by atoms with E-state index in [1.807, 2.05) is 13.8 Å². The van der Waals surface area contributed by atoms with Gasteiger partial charge in [-0.05, 0) is 18.3 Å². The first-order chi connectivity index (χ1) is 8.48. The van der Waals surface area contributed by atoms with Gasteiger partial charge in [-0.15, -0.1) is 0 Å². The van der Waals surface area contributed by atoms with Gasteiger partial charge in [-0.2, -0.15) is 17.6 Å². The molecule has 0 radical (unpaired) electrons. The number of alkyl halides is 4. The van der Waals surface area contributed by atoms with Crippen molar-refractivity contribution in [2.75, 3.05) is 7.11 Å². The maximum absolute atomic E-state index is 13.8. The van der Waals surface area contributed by atoms with Crippen molar-refractivity contribution in [3.05, 3.63) is 24.5 Å². The first kappa shape index (κ1) is 18.0. The minimum absolute atomic E-state index is 0.318. The Kier molecular flexibility index (Phi) is 6.10. The lowest BCUT2D eigenvalue weighted by molar-refractivity contribution is -0.183. The molecule has 0 bridgehead atoms. The van der Waals surface area contributed by atoms with Crippen LogP contribution in [-0.4, -0.2) is 19.0 Å². The zero-order valence-electron chi connectivity index (χ0n) is 11.9. The van der Waals surface area contributed by atoms with Gasteiger partial charge in [0.25, 0.3) is 0 Å². The molecule has 0 amide bonds. The lowest BCUT2D eigenvalue weighted by atomic mass is 9.87. The fourth-order valence-electron chi connectivity index (χ4n) is 1.57. The maximum atomic E-state index is 13.8. The van der Waals surface area contributed by atoms with Crippen LogP contribution in [0.15, 0.2) is 24.5 Å². The van der Waals surface area contributed by atoms with Crippen LogP contribution in [0.2, 0.25) is 0 Å². The third-order valence-electron chi connectivity index (χ3n) is 3.17. The van der Waals surface area contributed by atoms with Crippen molar-refractivity contribution < 1.29 is 22.3 Å². The summed E-state index contributed by atoms with van der Waals surface area (Å²) in [5.41, 5.74) is -0.781. The first-order valence-corrected chi connectivity index (χ1v) is 6.16. The van der Waals surface area contributed by atoms with Crippen molar-refractivity contribution in [2.45, 2.75) is 45.5 Å². The number of allylic oxidation sites excluding steroid dienone is 2. The summed E-state index contributed by atoms with van der Waals surface area (Å²) in [5, 5.41) is 0. The van der Waals surface area contributed by atoms with E-state index in [9.17, 15) is 17.6 Å². The van der Waals surface area contributed by atoms with Crippen LogP contribution in [-0.2, 0) is 4.74 Å². The molecule has 1 unspecified atom stereocenters. The minimum atomic E-state index is -4.45. The third-order valence-corrected chi connectivity index (χ3v) is 3.17. The van der Waals surface area contributed by atoms with Crippen molar-refractivity contribution in [2.24, 2.45) is 11.8 Å². The molecule has 19 heavy (non-hydrogen) atoms. The van der Waals surface area contributed by atoms with Crippen LogP contribution in [0.1, 0.15) is 33.6 Å². The Morgan fingerprint density at radius 1 is 1.00 bits per heavy atom. The summed E-state index contributed by atoms with van der Waals surface area (Å²) in [6, 6.07) is 0. The van der Waals surface area contributed by atoms with Gasteiger partial charge in [0, 0.05) is 5.57 Å². The maximum Gasteiger partial charge on any atom is 0.369 e. The molecule has 112 valence electrons. The average Bonchev–Trinajstić information content (AvgIpc) is 2.33. The van der Waals surface area contributed by atoms with Gasteiger partial charge < -0.3 is 4.74 Å². The Labute approximate surface area is 112 Å². The summed E-state index contributed by atoms with van der Waals surface area (Å²) in [6.07, 6.45) is 1.06. The predicted molar refractivity (Wildman–Crippen MR) is 68.4 cm³/mol. The van der Waals surface area contributed by atoms with E-state index in [0.717, 1.165) is 7.11 Å². The van der Waals surface area contributed by atoms with Crippen molar-refractivity contribution in [1.82, 2.24) is 0 Å². The number of methoxy groups -OCH3 is 1. The van der Waals surface area contributed by atoms with Gasteiger partial charge in [0.15, 0.2) is 5.76 Å². The van der Waals surface area contributed by atoms with Crippen LogP contribution < -0.4 is 0 Å². The molecular formula is C14H22F4O. The lowest BCUT2D eigenvalue weighted by Gasteiger charge is -2.31. The highest BCUT2D eigenvalue weighted by Crippen LogP contribution is 2.46. The molecule has 0 aliphatic rings. The summed E-state index contributed by atoms with van der Waals surface area (Å²) in [7, 11) is 0.886. The molecule has 0 N–H and O–H groups in total. The molecule has 5 heteroatoms. The fourth-order valence-corrected chi connectivity index (χ4v) is 1.57. The van der Waals surface area contributed by atoms with Crippen LogP contribution >= 0.6 is 0 Å². The first-order valence-electron chi connectivity index (χ1n) is 6.16. The van der Waals surface area contributed by atoms with E-state index < -0.39 is 29.1 Å². The zero-order valence-corrected chi connectivity index (χ0v) is 11.9. The van der Waals surface area contributed by atoms with E-state index in [-0.39, 0.29) is 0 Å². The summed E-state index contributed by atoms with van der Waals surface area (Å²) in [4.78, 5) is 0. The molecular weight excluding hydrogens is 260 g/mol. The molecule has 1 atom stereocenters. The largest absolute Gasteiger partial charge is 0.495 e. The molecule has 0 heterocycles. The highest BCUT2D eigenvalue weighted by Gasteiger charge is 2.61. The van der Waals surface area contributed by atoms with Crippen LogP contribution in [0, 0.1) is 11.8 Å². The number of hydrogen-bond acceptors (Lipinski definition) is 1. The fraction of sp³-hybridized carbons (Fsp3) is 0.714. The van der Waals surface area contributed by atoms with E-state index in [1.165, 1.54) is 6.92 Å². The Bertz CT molecular complexity index is 334. The number of ether oxygens (including phenoxy) is 1. The molecule has 0 rings (SSSR count). The van der Waals surface area contributed by atoms with Gasteiger partial charge in [0.05, 0.1) is 7.11 Å². The lowest BCUT2D eigenvalue weighted by Crippen LogP contribution is -2.45. The predicted octanol–water partition coefficient (Wildman–Crippen LogP) is 5.05. The average molecular weight is 282 g/mol. The van der Waals surface area contributed by atoms with Crippen LogP contribution in [0.25, 0.3) is 0 Å². The van der Waals surface area contributed by atoms with Crippen LogP contribution in [0.5, 0.6) is 0 Å². The summed E-state index contributed by atoms with van der Waals surface area (Å²) < 4.78 is 58.9. The van der Waals surface area contributed by atoms with E-state index in [1.54, 1.807) is 0 Å². The Hall–Kier alpha value is -1.00. The van der Waals surface area contributed by atoms with Gasteiger partial charge in [-0.3, -0.25) is 0 Å². The van der Waals surface area contributed by atoms with Crippen LogP contribution in [0.3, 0.4) is 0 Å². The van der Waals surface area contributed by atoms with Gasteiger partial charge in [-0.1, -0.05) is 40.3 Å². The summed E-state index contributed by atoms with van der Waals surface area (Å²) in [5.74, 6) is -10.5. The second-order valence-electron chi connectivity index (χ2n) is 5.17. The number of hydrogen-bond donors (Lipinski definition) is 0. The van der Waals surface area contributed by atoms with E-state index in [2.05, 4.69) is 17.9 Å². The molecule has 0 aliphatic carbocycles. The Morgan fingerprint density at radius 2 is 1.47 bits per heavy atom. The molecule has 0 spiro atoms. The SMILES string of the molecule is C=C(OC)C(F)(F)C(F)(F)C(=C)C(C)CCC(C)C. The number of rotatable bonds is 8. The molecule has 0 fully saturated rings. The van der Waals surface area contributed by atoms with Gasteiger partial charge >= 0.3 is 11.8 Å². The topological polar surface area (TPSA) is 9.23 Å². The van der Waals surface area contributed by atoms with E-state index in [4.69, 9.17) is 0 Å². The van der Waals surface area contributed by atoms with Crippen molar-refractivity contribution in [3.63, 3.8) is 0 Å². The van der Waals surface area contributed by atoms with Gasteiger partial charge in [-0.25, -0.2) is 0 Å². The standard InChI is InChI=1S/C14H22F4O/c1-9(2)7-8-10(3)11(4)13(15,16)14(17,18)12(5)19-6/h9-10H,4-5,7-8H2,1-3,6H3. The highest BCUT2D eigenvalue weighted by atomic mass is 19.3. The van der Waals surface area contributed by atoms with Crippen molar-refractivity contribution in [1.29, 1.82) is 0 Å². The molecule has 0 aromatic rings. The second-order valence-corrected chi connectivity index (χ2v) is 5.17. The Morgan fingerprint density at radius 3 is 1.84 bits per heavy atom. The normalized spacial score (nSPS) is 14.4. The molecule has 0 saturated carbocycles.